The second kappa shape index (κ2) is 6.28. The fraction of sp³-hybridized carbons (Fsp3) is 0.714. The first-order chi connectivity index (χ1) is 9.44. The van der Waals surface area contributed by atoms with Crippen LogP contribution in [0.1, 0.15) is 44.1 Å². The predicted molar refractivity (Wildman–Crippen MR) is 78.0 cm³/mol. The summed E-state index contributed by atoms with van der Waals surface area (Å²) in [5.74, 6) is 1.54. The minimum atomic E-state index is -3.50. The number of hydrogen-bond acceptors (Lipinski definition) is 4. The van der Waals surface area contributed by atoms with Crippen LogP contribution in [0, 0.1) is 12.8 Å². The molecule has 0 aliphatic heterocycles. The molecule has 0 spiro atoms. The molecular weight excluding hydrogens is 276 g/mol. The molecule has 2 N–H and O–H groups in total. The van der Waals surface area contributed by atoms with Crippen molar-refractivity contribution in [2.75, 3.05) is 7.05 Å². The summed E-state index contributed by atoms with van der Waals surface area (Å²) in [6.07, 6.45) is 4.62. The van der Waals surface area contributed by atoms with E-state index in [0.29, 0.717) is 24.0 Å². The van der Waals surface area contributed by atoms with E-state index in [2.05, 4.69) is 10.0 Å². The molecule has 114 valence electrons. The third-order valence-electron chi connectivity index (χ3n) is 4.01. The van der Waals surface area contributed by atoms with Gasteiger partial charge in [0.1, 0.15) is 16.4 Å². The maximum absolute atomic E-state index is 12.4. The molecule has 0 radical (unpaired) electrons. The maximum atomic E-state index is 12.4. The van der Waals surface area contributed by atoms with Crippen LogP contribution in [0.5, 0.6) is 0 Å². The number of aryl methyl sites for hydroxylation is 1. The molecule has 1 aromatic rings. The zero-order valence-electron chi connectivity index (χ0n) is 12.4. The summed E-state index contributed by atoms with van der Waals surface area (Å²) in [6.45, 7) is 4.17. The standard InChI is InChI=1S/C14H24N2O3S/c1-10(12-6-4-5-7-12)16-20(17,18)14-8-13(9-15-3)19-11(14)2/h8,10,12,15-16H,4-7,9H2,1-3H3. The van der Waals surface area contributed by atoms with Crippen LogP contribution in [0.2, 0.25) is 0 Å². The second-order valence-corrected chi connectivity index (χ2v) is 7.30. The van der Waals surface area contributed by atoms with Crippen molar-refractivity contribution in [3.05, 3.63) is 17.6 Å². The summed E-state index contributed by atoms with van der Waals surface area (Å²) in [4.78, 5) is 0.257. The van der Waals surface area contributed by atoms with E-state index < -0.39 is 10.0 Å². The molecule has 0 bridgehead atoms. The topological polar surface area (TPSA) is 71.3 Å². The van der Waals surface area contributed by atoms with E-state index in [1.54, 1.807) is 20.0 Å². The molecule has 1 aliphatic rings. The van der Waals surface area contributed by atoms with Crippen molar-refractivity contribution in [1.29, 1.82) is 0 Å². The van der Waals surface area contributed by atoms with E-state index in [0.717, 1.165) is 12.8 Å². The highest BCUT2D eigenvalue weighted by molar-refractivity contribution is 7.89. The van der Waals surface area contributed by atoms with Gasteiger partial charge in [-0.25, -0.2) is 13.1 Å². The van der Waals surface area contributed by atoms with Crippen molar-refractivity contribution in [1.82, 2.24) is 10.0 Å². The molecule has 1 unspecified atom stereocenters. The van der Waals surface area contributed by atoms with Gasteiger partial charge < -0.3 is 9.73 Å². The van der Waals surface area contributed by atoms with Gasteiger partial charge in [-0.2, -0.15) is 0 Å². The van der Waals surface area contributed by atoms with Crippen LogP contribution in [-0.2, 0) is 16.6 Å². The average molecular weight is 300 g/mol. The Morgan fingerprint density at radius 3 is 2.65 bits per heavy atom. The summed E-state index contributed by atoms with van der Waals surface area (Å²) < 4.78 is 33.2. The molecule has 2 rings (SSSR count). The third-order valence-corrected chi connectivity index (χ3v) is 5.68. The van der Waals surface area contributed by atoms with Gasteiger partial charge >= 0.3 is 0 Å². The lowest BCUT2D eigenvalue weighted by Crippen LogP contribution is -2.37. The van der Waals surface area contributed by atoms with E-state index in [4.69, 9.17) is 4.42 Å². The first-order valence-corrected chi connectivity index (χ1v) is 8.68. The van der Waals surface area contributed by atoms with Gasteiger partial charge in [-0.3, -0.25) is 0 Å². The van der Waals surface area contributed by atoms with Gasteiger partial charge in [0.25, 0.3) is 0 Å². The third kappa shape index (κ3) is 3.42. The zero-order chi connectivity index (χ0) is 14.8. The average Bonchev–Trinajstić information content (AvgIpc) is 2.98. The minimum Gasteiger partial charge on any atom is -0.464 e. The summed E-state index contributed by atoms with van der Waals surface area (Å²) in [5, 5.41) is 2.95. The molecule has 1 fully saturated rings. The van der Waals surface area contributed by atoms with Crippen LogP contribution in [0.3, 0.4) is 0 Å². The van der Waals surface area contributed by atoms with Gasteiger partial charge in [0.05, 0.1) is 6.54 Å². The Labute approximate surface area is 121 Å². The molecule has 0 amide bonds. The highest BCUT2D eigenvalue weighted by atomic mass is 32.2. The van der Waals surface area contributed by atoms with E-state index in [1.807, 2.05) is 6.92 Å². The Hall–Kier alpha value is -0.850. The van der Waals surface area contributed by atoms with Crippen LogP contribution in [0.4, 0.5) is 0 Å². The Kier molecular flexibility index (Phi) is 4.88. The molecule has 0 saturated heterocycles. The number of rotatable bonds is 6. The molecular formula is C14H24N2O3S. The Morgan fingerprint density at radius 2 is 2.05 bits per heavy atom. The number of furan rings is 1. The second-order valence-electron chi connectivity index (χ2n) is 5.62. The largest absolute Gasteiger partial charge is 0.464 e. The Morgan fingerprint density at radius 1 is 1.40 bits per heavy atom. The summed E-state index contributed by atoms with van der Waals surface area (Å²) in [7, 11) is -1.70. The molecule has 20 heavy (non-hydrogen) atoms. The zero-order valence-corrected chi connectivity index (χ0v) is 13.2. The van der Waals surface area contributed by atoms with E-state index in [1.165, 1.54) is 12.8 Å². The number of sulfonamides is 1. The maximum Gasteiger partial charge on any atom is 0.244 e. The van der Waals surface area contributed by atoms with Crippen molar-refractivity contribution in [2.24, 2.45) is 5.92 Å². The van der Waals surface area contributed by atoms with Crippen LogP contribution >= 0.6 is 0 Å². The lowest BCUT2D eigenvalue weighted by molar-refractivity contribution is 0.423. The van der Waals surface area contributed by atoms with Gasteiger partial charge in [0, 0.05) is 12.1 Å². The number of hydrogen-bond donors (Lipinski definition) is 2. The molecule has 1 aromatic heterocycles. The van der Waals surface area contributed by atoms with Gasteiger partial charge in [-0.15, -0.1) is 0 Å². The first kappa shape index (κ1) is 15.5. The van der Waals surface area contributed by atoms with Crippen LogP contribution in [0.25, 0.3) is 0 Å². The molecule has 1 atom stereocenters. The van der Waals surface area contributed by atoms with Crippen molar-refractivity contribution in [2.45, 2.75) is 57.0 Å². The van der Waals surface area contributed by atoms with E-state index in [-0.39, 0.29) is 10.9 Å². The SMILES string of the molecule is CNCc1cc(S(=O)(=O)NC(C)C2CCCC2)c(C)o1. The highest BCUT2D eigenvalue weighted by Crippen LogP contribution is 2.29. The molecule has 1 saturated carbocycles. The van der Waals surface area contributed by atoms with Crippen molar-refractivity contribution < 1.29 is 12.8 Å². The molecule has 1 aliphatic carbocycles. The monoisotopic (exact) mass is 300 g/mol. The first-order valence-electron chi connectivity index (χ1n) is 7.20. The summed E-state index contributed by atoms with van der Waals surface area (Å²) >= 11 is 0. The van der Waals surface area contributed by atoms with Gasteiger partial charge in [-0.1, -0.05) is 12.8 Å². The Balaban J connectivity index is 2.13. The van der Waals surface area contributed by atoms with Crippen molar-refractivity contribution in [3.8, 4) is 0 Å². The molecule has 1 heterocycles. The molecule has 6 heteroatoms. The lowest BCUT2D eigenvalue weighted by Gasteiger charge is -2.19. The van der Waals surface area contributed by atoms with Crippen molar-refractivity contribution in [3.63, 3.8) is 0 Å². The minimum absolute atomic E-state index is 0.0236. The van der Waals surface area contributed by atoms with Crippen molar-refractivity contribution >= 4 is 10.0 Å². The van der Waals surface area contributed by atoms with E-state index in [9.17, 15) is 8.42 Å². The Bertz CT molecular complexity index is 545. The van der Waals surface area contributed by atoms with Gasteiger partial charge in [-0.05, 0) is 39.7 Å². The summed E-state index contributed by atoms with van der Waals surface area (Å²) in [6, 6.07) is 1.58. The fourth-order valence-corrected chi connectivity index (χ4v) is 4.43. The predicted octanol–water partition coefficient (Wildman–Crippen LogP) is 2.16. The fourth-order valence-electron chi connectivity index (χ4n) is 2.91. The highest BCUT2D eigenvalue weighted by Gasteiger charge is 2.28. The van der Waals surface area contributed by atoms with Crippen LogP contribution in [0.15, 0.2) is 15.4 Å². The van der Waals surface area contributed by atoms with Crippen LogP contribution in [-0.4, -0.2) is 21.5 Å². The van der Waals surface area contributed by atoms with Crippen LogP contribution < -0.4 is 10.0 Å². The number of nitrogens with one attached hydrogen (secondary N) is 2. The van der Waals surface area contributed by atoms with Gasteiger partial charge in [0.15, 0.2) is 0 Å². The summed E-state index contributed by atoms with van der Waals surface area (Å²) in [5.41, 5.74) is 0. The van der Waals surface area contributed by atoms with E-state index >= 15 is 0 Å². The molecule has 5 nitrogen and oxygen atoms in total. The molecule has 0 aromatic carbocycles. The van der Waals surface area contributed by atoms with Gasteiger partial charge in [0.2, 0.25) is 10.0 Å². The normalized spacial score (nSPS) is 18.6. The quantitative estimate of drug-likeness (QED) is 0.844. The lowest BCUT2D eigenvalue weighted by atomic mass is 10.0. The smallest absolute Gasteiger partial charge is 0.244 e.